The lowest BCUT2D eigenvalue weighted by Crippen LogP contribution is -2.42. The molecule has 1 rings (SSSR count). The lowest BCUT2D eigenvalue weighted by atomic mass is 10.3. The summed E-state index contributed by atoms with van der Waals surface area (Å²) in [5.41, 5.74) is 0. The summed E-state index contributed by atoms with van der Waals surface area (Å²) in [4.78, 5) is 11.5. The first kappa shape index (κ1) is 14.5. The van der Waals surface area contributed by atoms with E-state index in [2.05, 4.69) is 17.6 Å². The molecule has 0 heterocycles. The lowest BCUT2D eigenvalue weighted by Gasteiger charge is -2.13. The summed E-state index contributed by atoms with van der Waals surface area (Å²) in [6, 6.07) is -0.106. The first-order valence-corrected chi connectivity index (χ1v) is 6.83. The molecule has 0 aliphatic heterocycles. The molecule has 1 aliphatic carbocycles. The minimum Gasteiger partial charge on any atom is -0.381 e. The van der Waals surface area contributed by atoms with E-state index in [1.165, 1.54) is 12.8 Å². The van der Waals surface area contributed by atoms with Gasteiger partial charge in [0.15, 0.2) is 0 Å². The minimum atomic E-state index is -0.106. The van der Waals surface area contributed by atoms with Crippen LogP contribution in [0.4, 0.5) is 0 Å². The molecule has 1 fully saturated rings. The molecule has 2 N–H and O–H groups in total. The first-order chi connectivity index (χ1) is 8.24. The van der Waals surface area contributed by atoms with Gasteiger partial charge in [0.2, 0.25) is 5.91 Å². The van der Waals surface area contributed by atoms with Gasteiger partial charge < -0.3 is 15.4 Å². The number of carbonyl (C=O) groups excluding carboxylic acids is 1. The predicted molar refractivity (Wildman–Crippen MR) is 68.9 cm³/mol. The molecule has 1 amide bonds. The highest BCUT2D eigenvalue weighted by molar-refractivity contribution is 5.81. The number of hydrogen-bond donors (Lipinski definition) is 2. The molecule has 1 saturated carbocycles. The van der Waals surface area contributed by atoms with Crippen LogP contribution in [0.2, 0.25) is 0 Å². The Labute approximate surface area is 104 Å². The summed E-state index contributed by atoms with van der Waals surface area (Å²) in [5.74, 6) is 0.924. The van der Waals surface area contributed by atoms with Crippen molar-refractivity contribution in [1.82, 2.24) is 10.6 Å². The van der Waals surface area contributed by atoms with Crippen molar-refractivity contribution in [3.8, 4) is 0 Å². The van der Waals surface area contributed by atoms with Crippen LogP contribution in [0, 0.1) is 5.92 Å². The van der Waals surface area contributed by atoms with E-state index in [9.17, 15) is 4.79 Å². The molecule has 0 aromatic carbocycles. The van der Waals surface area contributed by atoms with Crippen LogP contribution in [-0.4, -0.2) is 38.3 Å². The normalized spacial score (nSPS) is 16.8. The van der Waals surface area contributed by atoms with Gasteiger partial charge in [-0.3, -0.25) is 4.79 Å². The average molecular weight is 242 g/mol. The van der Waals surface area contributed by atoms with Crippen LogP contribution >= 0.6 is 0 Å². The molecule has 0 aromatic rings. The highest BCUT2D eigenvalue weighted by atomic mass is 16.5. The van der Waals surface area contributed by atoms with Crippen LogP contribution in [0.3, 0.4) is 0 Å². The smallest absolute Gasteiger partial charge is 0.236 e. The molecule has 1 unspecified atom stereocenters. The number of rotatable bonds is 10. The Kier molecular flexibility index (Phi) is 7.21. The topological polar surface area (TPSA) is 50.4 Å². The molecule has 100 valence electrons. The van der Waals surface area contributed by atoms with Crippen molar-refractivity contribution in [1.29, 1.82) is 0 Å². The maximum atomic E-state index is 11.5. The summed E-state index contributed by atoms with van der Waals surface area (Å²) in [6.45, 7) is 7.27. The fourth-order valence-corrected chi connectivity index (χ4v) is 1.52. The maximum Gasteiger partial charge on any atom is 0.236 e. The SMILES string of the molecule is CCCNC(=O)C(C)NCCCOCC1CC1. The van der Waals surface area contributed by atoms with Gasteiger partial charge in [0.05, 0.1) is 6.04 Å². The number of hydrogen-bond acceptors (Lipinski definition) is 3. The van der Waals surface area contributed by atoms with Crippen molar-refractivity contribution in [3.05, 3.63) is 0 Å². The maximum absolute atomic E-state index is 11.5. The largest absolute Gasteiger partial charge is 0.381 e. The Morgan fingerprint density at radius 3 is 2.82 bits per heavy atom. The molecule has 17 heavy (non-hydrogen) atoms. The number of nitrogens with one attached hydrogen (secondary N) is 2. The number of amides is 1. The Morgan fingerprint density at radius 2 is 2.18 bits per heavy atom. The zero-order valence-electron chi connectivity index (χ0n) is 11.1. The standard InChI is InChI=1S/C13H26N2O2/c1-3-7-15-13(16)11(2)14-8-4-9-17-10-12-5-6-12/h11-12,14H,3-10H2,1-2H3,(H,15,16). The molecule has 0 saturated heterocycles. The van der Waals surface area contributed by atoms with Gasteiger partial charge in [-0.2, -0.15) is 0 Å². The van der Waals surface area contributed by atoms with Crippen molar-refractivity contribution in [3.63, 3.8) is 0 Å². The van der Waals surface area contributed by atoms with Crippen LogP contribution in [-0.2, 0) is 9.53 Å². The van der Waals surface area contributed by atoms with Crippen molar-refractivity contribution in [2.45, 2.75) is 45.6 Å². The zero-order chi connectivity index (χ0) is 12.5. The van der Waals surface area contributed by atoms with Gasteiger partial charge in [0, 0.05) is 19.8 Å². The molecule has 1 atom stereocenters. The van der Waals surface area contributed by atoms with Gasteiger partial charge in [0.25, 0.3) is 0 Å². The monoisotopic (exact) mass is 242 g/mol. The molecular formula is C13H26N2O2. The van der Waals surface area contributed by atoms with E-state index in [-0.39, 0.29) is 11.9 Å². The summed E-state index contributed by atoms with van der Waals surface area (Å²) in [6.07, 6.45) is 4.63. The van der Waals surface area contributed by atoms with Gasteiger partial charge in [0.1, 0.15) is 0 Å². The highest BCUT2D eigenvalue weighted by Crippen LogP contribution is 2.28. The third-order valence-corrected chi connectivity index (χ3v) is 2.91. The van der Waals surface area contributed by atoms with Crippen LogP contribution in [0.25, 0.3) is 0 Å². The quantitative estimate of drug-likeness (QED) is 0.568. The molecular weight excluding hydrogens is 216 g/mol. The zero-order valence-corrected chi connectivity index (χ0v) is 11.1. The van der Waals surface area contributed by atoms with Crippen molar-refractivity contribution >= 4 is 5.91 Å². The summed E-state index contributed by atoms with van der Waals surface area (Å²) in [5, 5.41) is 6.08. The molecule has 0 bridgehead atoms. The molecule has 4 nitrogen and oxygen atoms in total. The number of ether oxygens (including phenoxy) is 1. The molecule has 0 aromatic heterocycles. The lowest BCUT2D eigenvalue weighted by molar-refractivity contribution is -0.122. The van der Waals surface area contributed by atoms with Crippen LogP contribution in [0.15, 0.2) is 0 Å². The third kappa shape index (κ3) is 7.34. The van der Waals surface area contributed by atoms with Gasteiger partial charge in [-0.15, -0.1) is 0 Å². The minimum absolute atomic E-state index is 0.0887. The van der Waals surface area contributed by atoms with Gasteiger partial charge in [-0.1, -0.05) is 6.92 Å². The Balaban J connectivity index is 1.87. The average Bonchev–Trinajstić information content (AvgIpc) is 3.14. The van der Waals surface area contributed by atoms with E-state index in [0.717, 1.165) is 45.1 Å². The predicted octanol–water partition coefficient (Wildman–Crippen LogP) is 1.31. The van der Waals surface area contributed by atoms with Crippen LogP contribution in [0.1, 0.15) is 39.5 Å². The summed E-state index contributed by atoms with van der Waals surface area (Å²) in [7, 11) is 0. The molecule has 1 aliphatic rings. The van der Waals surface area contributed by atoms with Crippen LogP contribution < -0.4 is 10.6 Å². The van der Waals surface area contributed by atoms with Gasteiger partial charge in [-0.05, 0) is 45.1 Å². The Bertz CT molecular complexity index is 217. The van der Waals surface area contributed by atoms with E-state index >= 15 is 0 Å². The summed E-state index contributed by atoms with van der Waals surface area (Å²) < 4.78 is 5.52. The fourth-order valence-electron chi connectivity index (χ4n) is 1.52. The fraction of sp³-hybridized carbons (Fsp3) is 0.923. The van der Waals surface area contributed by atoms with Gasteiger partial charge in [-0.25, -0.2) is 0 Å². The molecule has 0 radical (unpaired) electrons. The second kappa shape index (κ2) is 8.48. The van der Waals surface area contributed by atoms with Crippen molar-refractivity contribution < 1.29 is 9.53 Å². The van der Waals surface area contributed by atoms with E-state index in [4.69, 9.17) is 4.74 Å². The van der Waals surface area contributed by atoms with Crippen molar-refractivity contribution in [2.75, 3.05) is 26.3 Å². The van der Waals surface area contributed by atoms with E-state index in [1.807, 2.05) is 6.92 Å². The Hall–Kier alpha value is -0.610. The highest BCUT2D eigenvalue weighted by Gasteiger charge is 2.20. The van der Waals surface area contributed by atoms with E-state index in [0.29, 0.717) is 0 Å². The molecule has 4 heteroatoms. The second-order valence-corrected chi connectivity index (χ2v) is 4.84. The van der Waals surface area contributed by atoms with Crippen LogP contribution in [0.5, 0.6) is 0 Å². The second-order valence-electron chi connectivity index (χ2n) is 4.84. The number of carbonyl (C=O) groups is 1. The first-order valence-electron chi connectivity index (χ1n) is 6.83. The third-order valence-electron chi connectivity index (χ3n) is 2.91. The van der Waals surface area contributed by atoms with E-state index in [1.54, 1.807) is 0 Å². The Morgan fingerprint density at radius 1 is 1.41 bits per heavy atom. The molecule has 0 spiro atoms. The van der Waals surface area contributed by atoms with Gasteiger partial charge >= 0.3 is 0 Å². The van der Waals surface area contributed by atoms with E-state index < -0.39 is 0 Å². The summed E-state index contributed by atoms with van der Waals surface area (Å²) >= 11 is 0. The van der Waals surface area contributed by atoms with Crippen molar-refractivity contribution in [2.24, 2.45) is 5.92 Å².